The van der Waals surface area contributed by atoms with Gasteiger partial charge in [0.2, 0.25) is 0 Å². The molecule has 1 spiro atoms. The van der Waals surface area contributed by atoms with E-state index in [0.29, 0.717) is 0 Å². The first kappa shape index (κ1) is 20.9. The molecule has 1 aromatic heterocycles. The van der Waals surface area contributed by atoms with E-state index in [9.17, 15) is 0 Å². The van der Waals surface area contributed by atoms with Crippen molar-refractivity contribution in [3.63, 3.8) is 0 Å². The van der Waals surface area contributed by atoms with Crippen LogP contribution in [-0.4, -0.2) is 4.57 Å². The summed E-state index contributed by atoms with van der Waals surface area (Å²) in [6.07, 6.45) is 0. The molecular formula is C37H23NO. The van der Waals surface area contributed by atoms with Crippen molar-refractivity contribution in [2.75, 3.05) is 0 Å². The molecule has 182 valence electrons. The third kappa shape index (κ3) is 2.56. The van der Waals surface area contributed by atoms with E-state index in [4.69, 9.17) is 4.74 Å². The van der Waals surface area contributed by atoms with E-state index in [1.807, 2.05) is 0 Å². The molecule has 1 aliphatic heterocycles. The number of para-hydroxylation sites is 3. The van der Waals surface area contributed by atoms with Crippen molar-refractivity contribution in [1.82, 2.24) is 4.57 Å². The summed E-state index contributed by atoms with van der Waals surface area (Å²) in [6.45, 7) is 0. The molecule has 7 aromatic rings. The summed E-state index contributed by atoms with van der Waals surface area (Å²) < 4.78 is 9.14. The van der Waals surface area contributed by atoms with Crippen molar-refractivity contribution in [3.8, 4) is 28.3 Å². The summed E-state index contributed by atoms with van der Waals surface area (Å²) >= 11 is 0. The van der Waals surface area contributed by atoms with Gasteiger partial charge in [0.05, 0.1) is 16.4 Å². The van der Waals surface area contributed by atoms with E-state index in [-0.39, 0.29) is 0 Å². The SMILES string of the molecule is c1ccc(-n2c3ccccc3c3cc4c(cc32)Oc2ccccc2C42c3ccccc3-c3ccccc32)cc1. The molecule has 39 heavy (non-hydrogen) atoms. The van der Waals surface area contributed by atoms with Crippen LogP contribution in [0.1, 0.15) is 22.3 Å². The summed E-state index contributed by atoms with van der Waals surface area (Å²) in [6, 6.07) is 50.3. The van der Waals surface area contributed by atoms with Crippen LogP contribution in [0.4, 0.5) is 0 Å². The summed E-state index contributed by atoms with van der Waals surface area (Å²) in [5, 5.41) is 2.48. The van der Waals surface area contributed by atoms with Crippen molar-refractivity contribution in [2.45, 2.75) is 5.41 Å². The van der Waals surface area contributed by atoms with E-state index < -0.39 is 5.41 Å². The maximum atomic E-state index is 6.78. The Kier molecular flexibility index (Phi) is 4.02. The van der Waals surface area contributed by atoms with Crippen LogP contribution >= 0.6 is 0 Å². The molecule has 9 rings (SSSR count). The number of rotatable bonds is 1. The Morgan fingerprint density at radius 1 is 0.436 bits per heavy atom. The Labute approximate surface area is 226 Å². The standard InChI is InChI=1S/C37H23NO/c1-2-12-24(13-3-1)38-33-20-10-6-16-27(33)28-22-32-36(23-34(28)38)39-35-21-11-9-19-31(35)37(32)29-17-7-4-14-25(29)26-15-5-8-18-30(26)37/h1-23H. The summed E-state index contributed by atoms with van der Waals surface area (Å²) in [5.41, 5.74) is 10.6. The third-order valence-corrected chi connectivity index (χ3v) is 8.66. The highest BCUT2D eigenvalue weighted by atomic mass is 16.5. The Morgan fingerprint density at radius 2 is 1.05 bits per heavy atom. The fourth-order valence-electron chi connectivity index (χ4n) is 7.17. The number of hydrogen-bond acceptors (Lipinski definition) is 1. The van der Waals surface area contributed by atoms with Gasteiger partial charge >= 0.3 is 0 Å². The fourth-order valence-corrected chi connectivity index (χ4v) is 7.17. The normalized spacial score (nSPS) is 14.1. The molecule has 0 fully saturated rings. The molecule has 0 amide bonds. The minimum Gasteiger partial charge on any atom is -0.457 e. The molecule has 2 heterocycles. The van der Waals surface area contributed by atoms with Crippen LogP contribution in [0, 0.1) is 0 Å². The Balaban J connectivity index is 1.48. The van der Waals surface area contributed by atoms with E-state index >= 15 is 0 Å². The van der Waals surface area contributed by atoms with Crippen LogP contribution in [0.2, 0.25) is 0 Å². The number of aromatic nitrogens is 1. The average Bonchev–Trinajstić information content (AvgIpc) is 3.48. The van der Waals surface area contributed by atoms with Crippen LogP contribution in [-0.2, 0) is 5.41 Å². The molecule has 2 nitrogen and oxygen atoms in total. The first-order valence-corrected chi connectivity index (χ1v) is 13.5. The zero-order valence-corrected chi connectivity index (χ0v) is 21.1. The van der Waals surface area contributed by atoms with Gasteiger partial charge in [-0.15, -0.1) is 0 Å². The lowest BCUT2D eigenvalue weighted by Crippen LogP contribution is -2.32. The summed E-state index contributed by atoms with van der Waals surface area (Å²) in [5.74, 6) is 1.82. The van der Waals surface area contributed by atoms with Gasteiger partial charge in [-0.3, -0.25) is 0 Å². The van der Waals surface area contributed by atoms with Gasteiger partial charge < -0.3 is 9.30 Å². The van der Waals surface area contributed by atoms with Gasteiger partial charge in [0, 0.05) is 33.7 Å². The van der Waals surface area contributed by atoms with Gasteiger partial charge in [-0.2, -0.15) is 0 Å². The Hall–Kier alpha value is -5.08. The van der Waals surface area contributed by atoms with Gasteiger partial charge in [-0.05, 0) is 52.6 Å². The monoisotopic (exact) mass is 497 g/mol. The van der Waals surface area contributed by atoms with Crippen molar-refractivity contribution < 1.29 is 4.74 Å². The molecule has 0 unspecified atom stereocenters. The highest BCUT2D eigenvalue weighted by Crippen LogP contribution is 2.62. The molecule has 0 radical (unpaired) electrons. The quantitative estimate of drug-likeness (QED) is 0.220. The molecule has 0 bridgehead atoms. The molecule has 0 atom stereocenters. The molecule has 1 aliphatic carbocycles. The maximum absolute atomic E-state index is 6.78. The van der Waals surface area contributed by atoms with Crippen molar-refractivity contribution in [1.29, 1.82) is 0 Å². The number of benzene rings is 6. The highest BCUT2D eigenvalue weighted by molar-refractivity contribution is 6.10. The smallest absolute Gasteiger partial charge is 0.134 e. The van der Waals surface area contributed by atoms with Crippen molar-refractivity contribution in [3.05, 3.63) is 162 Å². The third-order valence-electron chi connectivity index (χ3n) is 8.66. The largest absolute Gasteiger partial charge is 0.457 e. The summed E-state index contributed by atoms with van der Waals surface area (Å²) in [7, 11) is 0. The minimum atomic E-state index is -0.457. The van der Waals surface area contributed by atoms with Crippen molar-refractivity contribution >= 4 is 21.8 Å². The van der Waals surface area contributed by atoms with Crippen LogP contribution in [0.25, 0.3) is 38.6 Å². The first-order chi connectivity index (χ1) is 19.4. The van der Waals surface area contributed by atoms with E-state index in [1.165, 1.54) is 49.7 Å². The molecule has 2 aliphatic rings. The molecule has 0 saturated carbocycles. The molecule has 0 N–H and O–H groups in total. The lowest BCUT2D eigenvalue weighted by molar-refractivity contribution is 0.437. The topological polar surface area (TPSA) is 14.2 Å². The highest BCUT2D eigenvalue weighted by Gasteiger charge is 2.51. The van der Waals surface area contributed by atoms with Crippen molar-refractivity contribution in [2.24, 2.45) is 0 Å². The molecular weight excluding hydrogens is 474 g/mol. The van der Waals surface area contributed by atoms with Crippen LogP contribution < -0.4 is 4.74 Å². The first-order valence-electron chi connectivity index (χ1n) is 13.5. The summed E-state index contributed by atoms with van der Waals surface area (Å²) in [4.78, 5) is 0. The predicted octanol–water partition coefficient (Wildman–Crippen LogP) is 9.25. The zero-order valence-electron chi connectivity index (χ0n) is 21.1. The Morgan fingerprint density at radius 3 is 1.82 bits per heavy atom. The predicted molar refractivity (Wildman–Crippen MR) is 158 cm³/mol. The maximum Gasteiger partial charge on any atom is 0.134 e. The van der Waals surface area contributed by atoms with Gasteiger partial charge in [-0.1, -0.05) is 103 Å². The lowest BCUT2D eigenvalue weighted by Gasteiger charge is -2.39. The van der Waals surface area contributed by atoms with E-state index in [1.54, 1.807) is 0 Å². The molecule has 2 heteroatoms. The van der Waals surface area contributed by atoms with Gasteiger partial charge in [0.25, 0.3) is 0 Å². The van der Waals surface area contributed by atoms with Gasteiger partial charge in [0.15, 0.2) is 0 Å². The number of ether oxygens (including phenoxy) is 1. The average molecular weight is 498 g/mol. The number of hydrogen-bond donors (Lipinski definition) is 0. The second-order valence-electron chi connectivity index (χ2n) is 10.5. The Bertz CT molecular complexity index is 2050. The van der Waals surface area contributed by atoms with E-state index in [0.717, 1.165) is 22.7 Å². The second-order valence-corrected chi connectivity index (χ2v) is 10.5. The number of fused-ring (bicyclic) bond motifs is 12. The van der Waals surface area contributed by atoms with Crippen LogP contribution in [0.5, 0.6) is 11.5 Å². The van der Waals surface area contributed by atoms with E-state index in [2.05, 4.69) is 144 Å². The fraction of sp³-hybridized carbons (Fsp3) is 0.0270. The number of nitrogens with zero attached hydrogens (tertiary/aromatic N) is 1. The van der Waals surface area contributed by atoms with Crippen LogP contribution in [0.15, 0.2) is 140 Å². The van der Waals surface area contributed by atoms with Gasteiger partial charge in [-0.25, -0.2) is 0 Å². The lowest BCUT2D eigenvalue weighted by atomic mass is 9.66. The van der Waals surface area contributed by atoms with Gasteiger partial charge in [0.1, 0.15) is 11.5 Å². The zero-order chi connectivity index (χ0) is 25.6. The van der Waals surface area contributed by atoms with Crippen LogP contribution in [0.3, 0.4) is 0 Å². The molecule has 0 saturated heterocycles. The minimum absolute atomic E-state index is 0.457. The molecule has 6 aromatic carbocycles. The second kappa shape index (κ2) is 7.49.